The van der Waals surface area contributed by atoms with Crippen molar-refractivity contribution in [2.24, 2.45) is 0 Å². The standard InChI is InChI=1S/C15H13N5O/c1-10(21)11-5-7-12(8-6-11)20-15(16)14(18-19-20)13-4-2-3-9-17-13/h2-9H,16H2,1H3. The largest absolute Gasteiger partial charge is 0.382 e. The molecular formula is C15H13N5O. The first kappa shape index (κ1) is 13.0. The van der Waals surface area contributed by atoms with Gasteiger partial charge in [0.05, 0.1) is 11.4 Å². The van der Waals surface area contributed by atoms with Gasteiger partial charge < -0.3 is 5.73 Å². The summed E-state index contributed by atoms with van der Waals surface area (Å²) < 4.78 is 1.52. The highest BCUT2D eigenvalue weighted by Crippen LogP contribution is 2.23. The Bertz CT molecular complexity index is 778. The minimum atomic E-state index is 0.0160. The van der Waals surface area contributed by atoms with Crippen molar-refractivity contribution in [3.05, 3.63) is 54.2 Å². The monoisotopic (exact) mass is 279 g/mol. The van der Waals surface area contributed by atoms with Crippen LogP contribution in [0.5, 0.6) is 0 Å². The first-order valence-corrected chi connectivity index (χ1v) is 6.41. The summed E-state index contributed by atoms with van der Waals surface area (Å²) in [6.07, 6.45) is 1.68. The van der Waals surface area contributed by atoms with Crippen molar-refractivity contribution in [3.63, 3.8) is 0 Å². The summed E-state index contributed by atoms with van der Waals surface area (Å²) in [5.41, 5.74) is 8.68. The fourth-order valence-corrected chi connectivity index (χ4v) is 2.00. The summed E-state index contributed by atoms with van der Waals surface area (Å²) in [5.74, 6) is 0.423. The molecule has 21 heavy (non-hydrogen) atoms. The van der Waals surface area contributed by atoms with Crippen LogP contribution in [0.1, 0.15) is 17.3 Å². The molecule has 2 heterocycles. The fraction of sp³-hybridized carbons (Fsp3) is 0.0667. The molecule has 0 unspecified atom stereocenters. The van der Waals surface area contributed by atoms with Gasteiger partial charge in [0.25, 0.3) is 0 Å². The van der Waals surface area contributed by atoms with Gasteiger partial charge in [0.2, 0.25) is 0 Å². The van der Waals surface area contributed by atoms with Crippen molar-refractivity contribution >= 4 is 11.6 Å². The Morgan fingerprint density at radius 1 is 1.14 bits per heavy atom. The second kappa shape index (κ2) is 5.16. The van der Waals surface area contributed by atoms with Crippen molar-refractivity contribution in [2.45, 2.75) is 6.92 Å². The Labute approximate surface area is 121 Å². The second-order valence-corrected chi connectivity index (χ2v) is 4.55. The quantitative estimate of drug-likeness (QED) is 0.742. The zero-order chi connectivity index (χ0) is 14.8. The molecule has 0 saturated heterocycles. The van der Waals surface area contributed by atoms with E-state index in [-0.39, 0.29) is 5.78 Å². The van der Waals surface area contributed by atoms with Gasteiger partial charge in [0.1, 0.15) is 0 Å². The number of nitrogens with zero attached hydrogens (tertiary/aromatic N) is 4. The fourth-order valence-electron chi connectivity index (χ4n) is 2.00. The SMILES string of the molecule is CC(=O)c1ccc(-n2nnc(-c3ccccn3)c2N)cc1. The Balaban J connectivity index is 2.01. The molecule has 2 N–H and O–H groups in total. The molecule has 2 aromatic heterocycles. The lowest BCUT2D eigenvalue weighted by molar-refractivity contribution is 0.101. The summed E-state index contributed by atoms with van der Waals surface area (Å²) in [4.78, 5) is 15.5. The number of carbonyl (C=O) groups excluding carboxylic acids is 1. The van der Waals surface area contributed by atoms with Gasteiger partial charge in [-0.3, -0.25) is 9.78 Å². The first-order valence-electron chi connectivity index (χ1n) is 6.41. The smallest absolute Gasteiger partial charge is 0.159 e. The molecule has 0 saturated carbocycles. The number of pyridine rings is 1. The molecule has 0 aliphatic rings. The van der Waals surface area contributed by atoms with E-state index < -0.39 is 0 Å². The number of aromatic nitrogens is 4. The number of benzene rings is 1. The first-order chi connectivity index (χ1) is 10.2. The predicted octanol–water partition coefficient (Wildman–Crippen LogP) is 2.11. The lowest BCUT2D eigenvalue weighted by Gasteiger charge is -2.04. The average molecular weight is 279 g/mol. The van der Waals surface area contributed by atoms with Gasteiger partial charge in [-0.25, -0.2) is 0 Å². The zero-order valence-corrected chi connectivity index (χ0v) is 11.4. The van der Waals surface area contributed by atoms with Gasteiger partial charge in [-0.1, -0.05) is 11.3 Å². The number of anilines is 1. The number of Topliss-reactive ketones (excluding diaryl/α,β-unsaturated/α-hetero) is 1. The van der Waals surface area contributed by atoms with Gasteiger partial charge in [-0.2, -0.15) is 4.68 Å². The number of hydrogen-bond donors (Lipinski definition) is 1. The van der Waals surface area contributed by atoms with Crippen LogP contribution in [0, 0.1) is 0 Å². The molecule has 0 spiro atoms. The number of nitrogen functional groups attached to an aromatic ring is 1. The lowest BCUT2D eigenvalue weighted by Crippen LogP contribution is -2.03. The second-order valence-electron chi connectivity index (χ2n) is 4.55. The topological polar surface area (TPSA) is 86.7 Å². The van der Waals surface area contributed by atoms with Crippen molar-refractivity contribution in [2.75, 3.05) is 5.73 Å². The molecule has 0 radical (unpaired) electrons. The molecule has 0 amide bonds. The van der Waals surface area contributed by atoms with Gasteiger partial charge in [-0.05, 0) is 43.3 Å². The maximum absolute atomic E-state index is 11.3. The van der Waals surface area contributed by atoms with Crippen LogP contribution in [-0.4, -0.2) is 25.8 Å². The third-order valence-electron chi connectivity index (χ3n) is 3.13. The summed E-state index contributed by atoms with van der Waals surface area (Å²) in [7, 11) is 0. The highest BCUT2D eigenvalue weighted by Gasteiger charge is 2.13. The highest BCUT2D eigenvalue weighted by molar-refractivity contribution is 5.94. The van der Waals surface area contributed by atoms with Crippen molar-refractivity contribution in [3.8, 4) is 17.1 Å². The molecule has 3 aromatic rings. The molecule has 6 nitrogen and oxygen atoms in total. The van der Waals surface area contributed by atoms with Gasteiger partial charge in [-0.15, -0.1) is 5.10 Å². The molecule has 0 bridgehead atoms. The van der Waals surface area contributed by atoms with Gasteiger partial charge in [0.15, 0.2) is 17.3 Å². The Morgan fingerprint density at radius 2 is 1.90 bits per heavy atom. The third-order valence-corrected chi connectivity index (χ3v) is 3.13. The normalized spacial score (nSPS) is 10.5. The maximum atomic E-state index is 11.3. The Kier molecular flexibility index (Phi) is 3.19. The molecule has 1 aromatic carbocycles. The lowest BCUT2D eigenvalue weighted by atomic mass is 10.1. The van der Waals surface area contributed by atoms with E-state index in [1.54, 1.807) is 30.5 Å². The minimum Gasteiger partial charge on any atom is -0.382 e. The van der Waals surface area contributed by atoms with E-state index in [4.69, 9.17) is 5.73 Å². The van der Waals surface area contributed by atoms with Gasteiger partial charge >= 0.3 is 0 Å². The number of carbonyl (C=O) groups is 1. The van der Waals surface area contributed by atoms with Crippen LogP contribution in [0.15, 0.2) is 48.7 Å². The van der Waals surface area contributed by atoms with Crippen LogP contribution < -0.4 is 5.73 Å². The van der Waals surface area contributed by atoms with Crippen molar-refractivity contribution in [1.29, 1.82) is 0 Å². The van der Waals surface area contributed by atoms with E-state index in [0.29, 0.717) is 22.8 Å². The van der Waals surface area contributed by atoms with Crippen LogP contribution in [-0.2, 0) is 0 Å². The number of hydrogen-bond acceptors (Lipinski definition) is 5. The van der Waals surface area contributed by atoms with Crippen LogP contribution in [0.3, 0.4) is 0 Å². The van der Waals surface area contributed by atoms with Crippen LogP contribution in [0.4, 0.5) is 5.82 Å². The Morgan fingerprint density at radius 3 is 2.52 bits per heavy atom. The zero-order valence-electron chi connectivity index (χ0n) is 11.4. The molecule has 104 valence electrons. The molecule has 3 rings (SSSR count). The molecule has 0 aliphatic carbocycles. The minimum absolute atomic E-state index is 0.0160. The number of nitrogens with two attached hydrogens (primary N) is 1. The summed E-state index contributed by atoms with van der Waals surface area (Å²) in [6.45, 7) is 1.53. The third kappa shape index (κ3) is 2.38. The van der Waals surface area contributed by atoms with Crippen molar-refractivity contribution < 1.29 is 4.79 Å². The highest BCUT2D eigenvalue weighted by atomic mass is 16.1. The summed E-state index contributed by atoms with van der Waals surface area (Å²) >= 11 is 0. The summed E-state index contributed by atoms with van der Waals surface area (Å²) in [6, 6.07) is 12.5. The van der Waals surface area contributed by atoms with Crippen LogP contribution >= 0.6 is 0 Å². The van der Waals surface area contributed by atoms with Crippen molar-refractivity contribution in [1.82, 2.24) is 20.0 Å². The molecule has 6 heteroatoms. The number of rotatable bonds is 3. The van der Waals surface area contributed by atoms with E-state index >= 15 is 0 Å². The maximum Gasteiger partial charge on any atom is 0.159 e. The predicted molar refractivity (Wildman–Crippen MR) is 79.0 cm³/mol. The molecular weight excluding hydrogens is 266 g/mol. The van der Waals surface area contributed by atoms with E-state index in [0.717, 1.165) is 5.69 Å². The molecule has 0 atom stereocenters. The van der Waals surface area contributed by atoms with Crippen LogP contribution in [0.25, 0.3) is 17.1 Å². The average Bonchev–Trinajstić information content (AvgIpc) is 2.90. The van der Waals surface area contributed by atoms with E-state index in [1.807, 2.05) is 18.2 Å². The molecule has 0 fully saturated rings. The summed E-state index contributed by atoms with van der Waals surface area (Å²) in [5, 5.41) is 8.13. The van der Waals surface area contributed by atoms with Crippen LogP contribution in [0.2, 0.25) is 0 Å². The van der Waals surface area contributed by atoms with Gasteiger partial charge in [0, 0.05) is 11.8 Å². The van der Waals surface area contributed by atoms with E-state index in [9.17, 15) is 4.79 Å². The molecule has 0 aliphatic heterocycles. The number of ketones is 1. The van der Waals surface area contributed by atoms with E-state index in [1.165, 1.54) is 11.6 Å². The van der Waals surface area contributed by atoms with E-state index in [2.05, 4.69) is 15.3 Å². The Hall–Kier alpha value is -3.02.